The predicted octanol–water partition coefficient (Wildman–Crippen LogP) is 1.36. The first-order valence-corrected chi connectivity index (χ1v) is 8.81. The number of esters is 1. The van der Waals surface area contributed by atoms with E-state index in [0.717, 1.165) is 17.0 Å². The van der Waals surface area contributed by atoms with E-state index in [2.05, 4.69) is 14.7 Å². The van der Waals surface area contributed by atoms with Crippen LogP contribution in [0.25, 0.3) is 11.3 Å². The number of amides is 1. The fraction of sp³-hybridized carbons (Fsp3) is 0.368. The van der Waals surface area contributed by atoms with Crippen LogP contribution in [0.1, 0.15) is 6.92 Å². The van der Waals surface area contributed by atoms with Crippen molar-refractivity contribution in [3.8, 4) is 17.0 Å². The molecule has 0 bridgehead atoms. The van der Waals surface area contributed by atoms with Gasteiger partial charge in [-0.1, -0.05) is 0 Å². The molecule has 1 saturated heterocycles. The predicted molar refractivity (Wildman–Crippen MR) is 99.4 cm³/mol. The molecule has 1 amide bonds. The Morgan fingerprint density at radius 3 is 2.41 bits per heavy atom. The molecule has 27 heavy (non-hydrogen) atoms. The summed E-state index contributed by atoms with van der Waals surface area (Å²) in [6, 6.07) is 9.61. The number of carbonyl (C=O) groups is 2. The Hall–Kier alpha value is -3.16. The first kappa shape index (κ1) is 18.6. The normalized spacial score (nSPS) is 14.0. The molecule has 0 aliphatic carbocycles. The molecule has 1 aromatic heterocycles. The number of piperazine rings is 1. The topological polar surface area (TPSA) is 84.9 Å². The number of rotatable bonds is 4. The van der Waals surface area contributed by atoms with Crippen molar-refractivity contribution < 1.29 is 19.1 Å². The standard InChI is InChI=1S/C19H22N4O4/c1-3-27-15-6-4-14(5-7-15)16-8-9-20-19(21-16)23-12-10-22(11-13-23)17(24)18(25)26-2/h4-9H,3,10-13H2,1-2H3. The van der Waals surface area contributed by atoms with Gasteiger partial charge in [-0.3, -0.25) is 4.79 Å². The van der Waals surface area contributed by atoms with E-state index in [9.17, 15) is 9.59 Å². The fourth-order valence-electron chi connectivity index (χ4n) is 2.88. The van der Waals surface area contributed by atoms with E-state index >= 15 is 0 Å². The third-order valence-electron chi connectivity index (χ3n) is 4.31. The zero-order chi connectivity index (χ0) is 19.2. The number of benzene rings is 1. The van der Waals surface area contributed by atoms with Crippen molar-refractivity contribution in [3.05, 3.63) is 36.5 Å². The van der Waals surface area contributed by atoms with Gasteiger partial charge in [0, 0.05) is 37.9 Å². The molecule has 0 spiro atoms. The van der Waals surface area contributed by atoms with E-state index in [0.29, 0.717) is 38.7 Å². The van der Waals surface area contributed by atoms with Crippen LogP contribution in [0.15, 0.2) is 36.5 Å². The number of methoxy groups -OCH3 is 1. The monoisotopic (exact) mass is 370 g/mol. The second-order valence-corrected chi connectivity index (χ2v) is 5.97. The molecule has 1 fully saturated rings. The van der Waals surface area contributed by atoms with Crippen molar-refractivity contribution in [2.24, 2.45) is 0 Å². The second-order valence-electron chi connectivity index (χ2n) is 5.97. The third kappa shape index (κ3) is 4.33. The van der Waals surface area contributed by atoms with Crippen LogP contribution < -0.4 is 9.64 Å². The largest absolute Gasteiger partial charge is 0.494 e. The summed E-state index contributed by atoms with van der Waals surface area (Å²) in [5.41, 5.74) is 1.79. The minimum Gasteiger partial charge on any atom is -0.494 e. The van der Waals surface area contributed by atoms with Gasteiger partial charge in [-0.15, -0.1) is 0 Å². The van der Waals surface area contributed by atoms with Crippen LogP contribution in [0.4, 0.5) is 5.95 Å². The van der Waals surface area contributed by atoms with E-state index in [-0.39, 0.29) is 0 Å². The lowest BCUT2D eigenvalue weighted by atomic mass is 10.1. The summed E-state index contributed by atoms with van der Waals surface area (Å²) in [5.74, 6) is -0.0214. The highest BCUT2D eigenvalue weighted by Gasteiger charge is 2.27. The van der Waals surface area contributed by atoms with Gasteiger partial charge < -0.3 is 19.3 Å². The molecular weight excluding hydrogens is 348 g/mol. The fourth-order valence-corrected chi connectivity index (χ4v) is 2.88. The Morgan fingerprint density at radius 2 is 1.78 bits per heavy atom. The van der Waals surface area contributed by atoms with Crippen LogP contribution in [0.5, 0.6) is 5.75 Å². The van der Waals surface area contributed by atoms with E-state index in [1.807, 2.05) is 42.2 Å². The molecule has 142 valence electrons. The SMILES string of the molecule is CCOc1ccc(-c2ccnc(N3CCN(C(=O)C(=O)OC)CC3)n2)cc1. The number of carbonyl (C=O) groups excluding carboxylic acids is 2. The van der Waals surface area contributed by atoms with Gasteiger partial charge in [-0.2, -0.15) is 0 Å². The van der Waals surface area contributed by atoms with Crippen LogP contribution in [0, 0.1) is 0 Å². The van der Waals surface area contributed by atoms with Gasteiger partial charge in [0.2, 0.25) is 5.95 Å². The van der Waals surface area contributed by atoms with Crippen molar-refractivity contribution in [2.75, 3.05) is 44.8 Å². The van der Waals surface area contributed by atoms with E-state index in [4.69, 9.17) is 4.74 Å². The van der Waals surface area contributed by atoms with Crippen molar-refractivity contribution in [1.82, 2.24) is 14.9 Å². The van der Waals surface area contributed by atoms with Gasteiger partial charge >= 0.3 is 11.9 Å². The third-order valence-corrected chi connectivity index (χ3v) is 4.31. The summed E-state index contributed by atoms with van der Waals surface area (Å²) in [6.45, 7) is 4.52. The number of hydrogen-bond acceptors (Lipinski definition) is 7. The second kappa shape index (κ2) is 8.48. The molecule has 2 heterocycles. The number of anilines is 1. The number of ether oxygens (including phenoxy) is 2. The number of hydrogen-bond donors (Lipinski definition) is 0. The van der Waals surface area contributed by atoms with Gasteiger partial charge in [0.05, 0.1) is 19.4 Å². The number of aromatic nitrogens is 2. The van der Waals surface area contributed by atoms with Crippen LogP contribution in [0.3, 0.4) is 0 Å². The Kier molecular flexibility index (Phi) is 5.85. The van der Waals surface area contributed by atoms with Gasteiger partial charge in [-0.25, -0.2) is 14.8 Å². The Bertz CT molecular complexity index is 802. The van der Waals surface area contributed by atoms with Gasteiger partial charge in [0.15, 0.2) is 0 Å². The van der Waals surface area contributed by atoms with Crippen molar-refractivity contribution in [1.29, 1.82) is 0 Å². The first-order chi connectivity index (χ1) is 13.1. The summed E-state index contributed by atoms with van der Waals surface area (Å²) >= 11 is 0. The van der Waals surface area contributed by atoms with Crippen molar-refractivity contribution >= 4 is 17.8 Å². The van der Waals surface area contributed by atoms with Gasteiger partial charge in [0.1, 0.15) is 5.75 Å². The zero-order valence-corrected chi connectivity index (χ0v) is 15.4. The quantitative estimate of drug-likeness (QED) is 0.593. The van der Waals surface area contributed by atoms with Crippen LogP contribution in [-0.2, 0) is 14.3 Å². The average molecular weight is 370 g/mol. The minimum atomic E-state index is -0.836. The number of nitrogens with zero attached hydrogens (tertiary/aromatic N) is 4. The van der Waals surface area contributed by atoms with E-state index in [1.165, 1.54) is 12.0 Å². The molecule has 3 rings (SSSR count). The molecular formula is C19H22N4O4. The Morgan fingerprint density at radius 1 is 1.07 bits per heavy atom. The lowest BCUT2D eigenvalue weighted by molar-refractivity contribution is -0.158. The molecule has 0 atom stereocenters. The first-order valence-electron chi connectivity index (χ1n) is 8.81. The minimum absolute atomic E-state index is 0.421. The zero-order valence-electron chi connectivity index (χ0n) is 15.4. The summed E-state index contributed by atoms with van der Waals surface area (Å²) in [6.07, 6.45) is 1.72. The molecule has 2 aromatic rings. The molecule has 8 nitrogen and oxygen atoms in total. The maximum Gasteiger partial charge on any atom is 0.396 e. The Balaban J connectivity index is 1.68. The molecule has 0 saturated carbocycles. The highest BCUT2D eigenvalue weighted by atomic mass is 16.5. The maximum absolute atomic E-state index is 11.9. The smallest absolute Gasteiger partial charge is 0.396 e. The molecule has 1 aliphatic rings. The summed E-state index contributed by atoms with van der Waals surface area (Å²) in [4.78, 5) is 35.7. The lowest BCUT2D eigenvalue weighted by Crippen LogP contribution is -2.51. The molecule has 0 unspecified atom stereocenters. The highest BCUT2D eigenvalue weighted by Crippen LogP contribution is 2.22. The summed E-state index contributed by atoms with van der Waals surface area (Å²) < 4.78 is 9.95. The van der Waals surface area contributed by atoms with E-state index < -0.39 is 11.9 Å². The maximum atomic E-state index is 11.9. The molecule has 1 aromatic carbocycles. The van der Waals surface area contributed by atoms with Crippen LogP contribution >= 0.6 is 0 Å². The van der Waals surface area contributed by atoms with Gasteiger partial charge in [-0.05, 0) is 37.3 Å². The van der Waals surface area contributed by atoms with Crippen LogP contribution in [0.2, 0.25) is 0 Å². The Labute approximate surface area is 157 Å². The summed E-state index contributed by atoms with van der Waals surface area (Å²) in [5, 5.41) is 0. The van der Waals surface area contributed by atoms with Crippen LogP contribution in [-0.4, -0.2) is 66.6 Å². The van der Waals surface area contributed by atoms with Crippen molar-refractivity contribution in [3.63, 3.8) is 0 Å². The summed E-state index contributed by atoms with van der Waals surface area (Å²) in [7, 11) is 1.21. The molecule has 0 radical (unpaired) electrons. The van der Waals surface area contributed by atoms with Crippen molar-refractivity contribution in [2.45, 2.75) is 6.92 Å². The molecule has 1 aliphatic heterocycles. The molecule has 8 heteroatoms. The van der Waals surface area contributed by atoms with Gasteiger partial charge in [0.25, 0.3) is 0 Å². The highest BCUT2D eigenvalue weighted by molar-refractivity contribution is 6.32. The lowest BCUT2D eigenvalue weighted by Gasteiger charge is -2.34. The average Bonchev–Trinajstić information content (AvgIpc) is 2.73. The van der Waals surface area contributed by atoms with E-state index in [1.54, 1.807) is 6.20 Å². The molecule has 0 N–H and O–H groups in total.